The molecule has 1 aromatic rings. The molecule has 0 saturated heterocycles. The molecule has 0 unspecified atom stereocenters. The first-order valence-corrected chi connectivity index (χ1v) is 5.17. The van der Waals surface area contributed by atoms with E-state index in [1.807, 2.05) is 25.1 Å². The molecule has 0 aliphatic rings. The summed E-state index contributed by atoms with van der Waals surface area (Å²) in [5.41, 5.74) is 1.84. The highest BCUT2D eigenvalue weighted by atomic mass is 79.9. The van der Waals surface area contributed by atoms with Crippen LogP contribution in [0.15, 0.2) is 22.7 Å². The van der Waals surface area contributed by atoms with Crippen molar-refractivity contribution in [2.45, 2.75) is 19.8 Å². The molecule has 1 aromatic carbocycles. The zero-order valence-electron chi connectivity index (χ0n) is 8.01. The van der Waals surface area contributed by atoms with E-state index >= 15 is 0 Å². The number of halogens is 1. The number of ketones is 1. The van der Waals surface area contributed by atoms with Crippen LogP contribution < -0.4 is 0 Å². The third kappa shape index (κ3) is 2.71. The molecular formula is C12H11BrO. The number of Topliss-reactive ketones (excluding diaryl/α,β-unsaturated/α-hetero) is 1. The van der Waals surface area contributed by atoms with Crippen molar-refractivity contribution in [1.29, 1.82) is 0 Å². The molecule has 0 aliphatic heterocycles. The fraction of sp³-hybridized carbons (Fsp3) is 0.250. The standard InChI is InChI=1S/C12H11BrO/c1-3-4-5-12(14)10-7-6-9(2)8-11(10)13/h1,6-8H,4-5H2,2H3. The lowest BCUT2D eigenvalue weighted by Crippen LogP contribution is -1.99. The Morgan fingerprint density at radius 3 is 2.86 bits per heavy atom. The molecule has 0 saturated carbocycles. The molecule has 0 aliphatic carbocycles. The molecule has 0 radical (unpaired) electrons. The maximum atomic E-state index is 11.6. The van der Waals surface area contributed by atoms with E-state index in [2.05, 4.69) is 21.9 Å². The van der Waals surface area contributed by atoms with Crippen LogP contribution in [-0.4, -0.2) is 5.78 Å². The smallest absolute Gasteiger partial charge is 0.164 e. The topological polar surface area (TPSA) is 17.1 Å². The maximum absolute atomic E-state index is 11.6. The SMILES string of the molecule is C#CCCC(=O)c1ccc(C)cc1Br. The fourth-order valence-corrected chi connectivity index (χ4v) is 1.88. The summed E-state index contributed by atoms with van der Waals surface area (Å²) in [6.07, 6.45) is 6.02. The third-order valence-corrected chi connectivity index (χ3v) is 2.58. The first-order chi connectivity index (χ1) is 6.65. The van der Waals surface area contributed by atoms with Gasteiger partial charge in [0.15, 0.2) is 5.78 Å². The van der Waals surface area contributed by atoms with E-state index in [0.717, 1.165) is 10.0 Å². The van der Waals surface area contributed by atoms with Gasteiger partial charge in [-0.25, -0.2) is 0 Å². The van der Waals surface area contributed by atoms with E-state index in [4.69, 9.17) is 6.42 Å². The van der Waals surface area contributed by atoms with Gasteiger partial charge in [-0.2, -0.15) is 0 Å². The number of carbonyl (C=O) groups is 1. The number of aryl methyl sites for hydroxylation is 1. The van der Waals surface area contributed by atoms with Crippen molar-refractivity contribution in [1.82, 2.24) is 0 Å². The normalized spacial score (nSPS) is 9.50. The minimum atomic E-state index is 0.0924. The summed E-state index contributed by atoms with van der Waals surface area (Å²) in [4.78, 5) is 11.6. The van der Waals surface area contributed by atoms with E-state index < -0.39 is 0 Å². The van der Waals surface area contributed by atoms with Gasteiger partial charge in [-0.3, -0.25) is 4.79 Å². The van der Waals surface area contributed by atoms with Gasteiger partial charge in [0.25, 0.3) is 0 Å². The molecule has 0 heterocycles. The van der Waals surface area contributed by atoms with E-state index in [9.17, 15) is 4.79 Å². The maximum Gasteiger partial charge on any atom is 0.164 e. The van der Waals surface area contributed by atoms with Crippen LogP contribution in [0.5, 0.6) is 0 Å². The van der Waals surface area contributed by atoms with E-state index in [1.54, 1.807) is 0 Å². The molecule has 0 bridgehead atoms. The summed E-state index contributed by atoms with van der Waals surface area (Å²) in [6, 6.07) is 5.69. The van der Waals surface area contributed by atoms with Gasteiger partial charge >= 0.3 is 0 Å². The van der Waals surface area contributed by atoms with Crippen molar-refractivity contribution < 1.29 is 4.79 Å². The molecule has 0 spiro atoms. The van der Waals surface area contributed by atoms with Crippen molar-refractivity contribution in [3.8, 4) is 12.3 Å². The second-order valence-electron chi connectivity index (χ2n) is 3.11. The lowest BCUT2D eigenvalue weighted by molar-refractivity contribution is 0.0983. The minimum absolute atomic E-state index is 0.0924. The Balaban J connectivity index is 2.86. The Hall–Kier alpha value is -1.07. The third-order valence-electron chi connectivity index (χ3n) is 1.92. The second-order valence-corrected chi connectivity index (χ2v) is 3.96. The number of benzene rings is 1. The molecule has 14 heavy (non-hydrogen) atoms. The molecule has 2 heteroatoms. The Morgan fingerprint density at radius 2 is 2.29 bits per heavy atom. The van der Waals surface area contributed by atoms with Gasteiger partial charge < -0.3 is 0 Å². The summed E-state index contributed by atoms with van der Waals surface area (Å²) in [6.45, 7) is 1.99. The fourth-order valence-electron chi connectivity index (χ4n) is 1.17. The molecular weight excluding hydrogens is 240 g/mol. The van der Waals surface area contributed by atoms with Crippen molar-refractivity contribution in [2.75, 3.05) is 0 Å². The minimum Gasteiger partial charge on any atom is -0.294 e. The monoisotopic (exact) mass is 250 g/mol. The van der Waals surface area contributed by atoms with Crippen LogP contribution in [0.2, 0.25) is 0 Å². The van der Waals surface area contributed by atoms with Crippen LogP contribution in [-0.2, 0) is 0 Å². The highest BCUT2D eigenvalue weighted by Gasteiger charge is 2.08. The number of terminal acetylenes is 1. The van der Waals surface area contributed by atoms with Crippen LogP contribution in [0, 0.1) is 19.3 Å². The second kappa shape index (κ2) is 4.97. The van der Waals surface area contributed by atoms with Crippen LogP contribution in [0.1, 0.15) is 28.8 Å². The summed E-state index contributed by atoms with van der Waals surface area (Å²) >= 11 is 3.37. The predicted molar refractivity (Wildman–Crippen MR) is 61.3 cm³/mol. The molecule has 0 amide bonds. The first kappa shape index (κ1) is 11.0. The lowest BCUT2D eigenvalue weighted by Gasteiger charge is -2.02. The summed E-state index contributed by atoms with van der Waals surface area (Å²) in [5, 5.41) is 0. The molecule has 0 N–H and O–H groups in total. The summed E-state index contributed by atoms with van der Waals surface area (Å²) in [5.74, 6) is 2.56. The Bertz CT molecular complexity index is 388. The van der Waals surface area contributed by atoms with Crippen molar-refractivity contribution >= 4 is 21.7 Å². The number of hydrogen-bond donors (Lipinski definition) is 0. The molecule has 1 rings (SSSR count). The van der Waals surface area contributed by atoms with Crippen LogP contribution in [0.4, 0.5) is 0 Å². The molecule has 0 fully saturated rings. The molecule has 1 nitrogen and oxygen atoms in total. The van der Waals surface area contributed by atoms with Gasteiger partial charge in [0.05, 0.1) is 0 Å². The number of hydrogen-bond acceptors (Lipinski definition) is 1. The number of rotatable bonds is 3. The summed E-state index contributed by atoms with van der Waals surface area (Å²) in [7, 11) is 0. The largest absolute Gasteiger partial charge is 0.294 e. The lowest BCUT2D eigenvalue weighted by atomic mass is 10.1. The highest BCUT2D eigenvalue weighted by Crippen LogP contribution is 2.20. The Kier molecular flexibility index (Phi) is 3.91. The molecule has 0 aromatic heterocycles. The first-order valence-electron chi connectivity index (χ1n) is 4.38. The Labute approximate surface area is 92.6 Å². The highest BCUT2D eigenvalue weighted by molar-refractivity contribution is 9.10. The number of carbonyl (C=O) groups excluding carboxylic acids is 1. The summed E-state index contributed by atoms with van der Waals surface area (Å²) < 4.78 is 0.847. The average molecular weight is 251 g/mol. The predicted octanol–water partition coefficient (Wildman–Crippen LogP) is 3.35. The van der Waals surface area contributed by atoms with Gasteiger partial charge in [-0.05, 0) is 18.6 Å². The van der Waals surface area contributed by atoms with Gasteiger partial charge in [0, 0.05) is 22.9 Å². The van der Waals surface area contributed by atoms with Crippen molar-refractivity contribution in [2.24, 2.45) is 0 Å². The van der Waals surface area contributed by atoms with Gasteiger partial charge in [0.1, 0.15) is 0 Å². The molecule has 72 valence electrons. The average Bonchev–Trinajstić information content (AvgIpc) is 2.14. The van der Waals surface area contributed by atoms with Crippen molar-refractivity contribution in [3.63, 3.8) is 0 Å². The van der Waals surface area contributed by atoms with Gasteiger partial charge in [-0.15, -0.1) is 12.3 Å². The van der Waals surface area contributed by atoms with Crippen LogP contribution in [0.25, 0.3) is 0 Å². The van der Waals surface area contributed by atoms with Crippen molar-refractivity contribution in [3.05, 3.63) is 33.8 Å². The van der Waals surface area contributed by atoms with E-state index in [-0.39, 0.29) is 5.78 Å². The molecule has 0 atom stereocenters. The quantitative estimate of drug-likeness (QED) is 0.594. The van der Waals surface area contributed by atoms with Gasteiger partial charge in [0.2, 0.25) is 0 Å². The van der Waals surface area contributed by atoms with Crippen LogP contribution >= 0.6 is 15.9 Å². The van der Waals surface area contributed by atoms with Crippen LogP contribution in [0.3, 0.4) is 0 Å². The Morgan fingerprint density at radius 1 is 1.57 bits per heavy atom. The zero-order valence-corrected chi connectivity index (χ0v) is 9.60. The van der Waals surface area contributed by atoms with E-state index in [1.165, 1.54) is 0 Å². The van der Waals surface area contributed by atoms with E-state index in [0.29, 0.717) is 18.4 Å². The van der Waals surface area contributed by atoms with Gasteiger partial charge in [-0.1, -0.05) is 28.1 Å². The zero-order chi connectivity index (χ0) is 10.6.